The molecule has 2 heterocycles. The Morgan fingerprint density at radius 2 is 1.96 bits per heavy atom. The lowest BCUT2D eigenvalue weighted by Crippen LogP contribution is -2.24. The van der Waals surface area contributed by atoms with E-state index in [-0.39, 0.29) is 16.3 Å². The van der Waals surface area contributed by atoms with Crippen LogP contribution < -0.4 is 10.4 Å². The maximum Gasteiger partial charge on any atom is 0.291 e. The molecule has 0 fully saturated rings. The van der Waals surface area contributed by atoms with Gasteiger partial charge in [0.25, 0.3) is 5.91 Å². The summed E-state index contributed by atoms with van der Waals surface area (Å²) in [6.07, 6.45) is 1.38. The van der Waals surface area contributed by atoms with E-state index in [4.69, 9.17) is 4.42 Å². The molecule has 1 amide bonds. The predicted molar refractivity (Wildman–Crippen MR) is 90.2 cm³/mol. The van der Waals surface area contributed by atoms with Gasteiger partial charge >= 0.3 is 0 Å². The van der Waals surface area contributed by atoms with Crippen LogP contribution in [0.25, 0.3) is 11.1 Å². The summed E-state index contributed by atoms with van der Waals surface area (Å²) in [5.41, 5.74) is 3.45. The molecule has 0 unspecified atom stereocenters. The average Bonchev–Trinajstić information content (AvgIpc) is 3.19. The van der Waals surface area contributed by atoms with Crippen molar-refractivity contribution in [3.05, 3.63) is 64.4 Å². The number of rotatable bonds is 4. The predicted octanol–water partition coefficient (Wildman–Crippen LogP) is 3.24. The van der Waals surface area contributed by atoms with E-state index in [1.807, 2.05) is 32.0 Å². The lowest BCUT2D eigenvalue weighted by Gasteiger charge is -2.10. The zero-order valence-electron chi connectivity index (χ0n) is 13.1. The van der Waals surface area contributed by atoms with Crippen LogP contribution >= 0.6 is 11.3 Å². The Kier molecular flexibility index (Phi) is 4.22. The maximum absolute atomic E-state index is 12.1. The molecule has 0 spiro atoms. The van der Waals surface area contributed by atoms with Gasteiger partial charge in [0.05, 0.1) is 12.2 Å². The van der Waals surface area contributed by atoms with Crippen molar-refractivity contribution in [1.29, 1.82) is 0 Å². The Hall–Kier alpha value is -2.86. The number of benzene rings is 1. The molecule has 0 bridgehead atoms. The van der Waals surface area contributed by atoms with Crippen molar-refractivity contribution in [1.82, 2.24) is 0 Å². The van der Waals surface area contributed by atoms with Gasteiger partial charge in [-0.05, 0) is 42.7 Å². The smallest absolute Gasteiger partial charge is 0.291 e. The quantitative estimate of drug-likeness (QED) is 0.790. The van der Waals surface area contributed by atoms with E-state index in [0.717, 1.165) is 28.0 Å². The molecule has 1 N–H and O–H groups in total. The molecule has 2 aromatic heterocycles. The number of hydrogen-bond donors (Lipinski definition) is 1. The van der Waals surface area contributed by atoms with Gasteiger partial charge in [-0.25, -0.2) is 0 Å². The minimum atomic E-state index is -1.33. The fraction of sp³-hybridized carbons (Fsp3) is 0.111. The molecular formula is C18H14NO4S-. The van der Waals surface area contributed by atoms with Crippen LogP contribution in [0.2, 0.25) is 0 Å². The molecule has 0 radical (unpaired) electrons. The first kappa shape index (κ1) is 16.0. The molecule has 5 nitrogen and oxygen atoms in total. The molecule has 3 rings (SSSR count). The molecule has 0 aliphatic carbocycles. The maximum atomic E-state index is 12.1. The number of thiophene rings is 1. The van der Waals surface area contributed by atoms with E-state index in [1.54, 1.807) is 11.4 Å². The van der Waals surface area contributed by atoms with E-state index in [9.17, 15) is 14.7 Å². The zero-order valence-corrected chi connectivity index (χ0v) is 13.9. The van der Waals surface area contributed by atoms with Crippen molar-refractivity contribution >= 4 is 28.2 Å². The third-order valence-electron chi connectivity index (χ3n) is 3.79. The summed E-state index contributed by atoms with van der Waals surface area (Å²) in [5.74, 6) is -1.73. The summed E-state index contributed by atoms with van der Waals surface area (Å²) >= 11 is 1.14. The van der Waals surface area contributed by atoms with Crippen molar-refractivity contribution < 1.29 is 19.1 Å². The van der Waals surface area contributed by atoms with Crippen LogP contribution in [-0.4, -0.2) is 11.9 Å². The van der Waals surface area contributed by atoms with Gasteiger partial charge in [0, 0.05) is 16.5 Å². The summed E-state index contributed by atoms with van der Waals surface area (Å²) in [6, 6.07) is 8.80. The van der Waals surface area contributed by atoms with Crippen molar-refractivity contribution in [2.24, 2.45) is 0 Å². The molecule has 0 aliphatic rings. The molecule has 0 saturated heterocycles. The molecular weight excluding hydrogens is 326 g/mol. The fourth-order valence-electron chi connectivity index (χ4n) is 2.35. The van der Waals surface area contributed by atoms with E-state index >= 15 is 0 Å². The van der Waals surface area contributed by atoms with Gasteiger partial charge in [-0.15, -0.1) is 11.3 Å². The number of amides is 1. The number of aryl methyl sites for hydroxylation is 2. The number of hydrogen-bond acceptors (Lipinski definition) is 5. The highest BCUT2D eigenvalue weighted by Gasteiger charge is 2.18. The van der Waals surface area contributed by atoms with Crippen LogP contribution in [0.5, 0.6) is 0 Å². The van der Waals surface area contributed by atoms with E-state index < -0.39 is 11.9 Å². The van der Waals surface area contributed by atoms with Crippen molar-refractivity contribution in [3.63, 3.8) is 0 Å². The Labute approximate surface area is 142 Å². The molecule has 24 heavy (non-hydrogen) atoms. The number of carbonyl (C=O) groups is 2. The molecule has 122 valence electrons. The lowest BCUT2D eigenvalue weighted by molar-refractivity contribution is -0.254. The van der Waals surface area contributed by atoms with Crippen LogP contribution in [0, 0.1) is 13.8 Å². The summed E-state index contributed by atoms with van der Waals surface area (Å²) in [6.45, 7) is 3.95. The minimum absolute atomic E-state index is 0.0249. The van der Waals surface area contributed by atoms with Crippen LogP contribution in [0.15, 0.2) is 46.4 Å². The number of carboxylic acid groups (broad SMARTS) is 1. The molecule has 6 heteroatoms. The third-order valence-corrected chi connectivity index (χ3v) is 4.68. The second-order valence-electron chi connectivity index (χ2n) is 5.37. The Morgan fingerprint density at radius 3 is 2.58 bits per heavy atom. The average molecular weight is 340 g/mol. The molecule has 1 aromatic carbocycles. The first-order valence-electron chi connectivity index (χ1n) is 7.22. The van der Waals surface area contributed by atoms with Crippen LogP contribution in [-0.2, 0) is 0 Å². The minimum Gasteiger partial charge on any atom is -0.545 e. The monoisotopic (exact) mass is 340 g/mol. The van der Waals surface area contributed by atoms with Gasteiger partial charge < -0.3 is 19.6 Å². The Morgan fingerprint density at radius 1 is 1.17 bits per heavy atom. The van der Waals surface area contributed by atoms with Gasteiger partial charge in [-0.2, -0.15) is 0 Å². The van der Waals surface area contributed by atoms with Crippen LogP contribution in [0.3, 0.4) is 0 Å². The standard InChI is InChI=1S/C18H15NO4S/c1-10-5-6-12(8-11(10)2)13-9-24-17(15(13)18(21)22)19-16(20)14-4-3-7-23-14/h3-9H,1-2H3,(H,19,20)(H,21,22)/p-1. The summed E-state index contributed by atoms with van der Waals surface area (Å²) in [4.78, 5) is 23.7. The van der Waals surface area contributed by atoms with Gasteiger partial charge in [0.2, 0.25) is 0 Å². The molecule has 0 atom stereocenters. The van der Waals surface area contributed by atoms with Gasteiger partial charge in [-0.1, -0.05) is 18.2 Å². The first-order valence-corrected chi connectivity index (χ1v) is 8.10. The van der Waals surface area contributed by atoms with Gasteiger partial charge in [0.1, 0.15) is 5.00 Å². The number of aromatic carboxylic acids is 1. The number of nitrogens with one attached hydrogen (secondary N) is 1. The lowest BCUT2D eigenvalue weighted by atomic mass is 9.99. The number of carbonyl (C=O) groups excluding carboxylic acids is 2. The number of furan rings is 1. The number of anilines is 1. The van der Waals surface area contributed by atoms with Crippen molar-refractivity contribution in [2.45, 2.75) is 13.8 Å². The Balaban J connectivity index is 2.00. The molecule has 0 aliphatic heterocycles. The van der Waals surface area contributed by atoms with Gasteiger partial charge in [-0.3, -0.25) is 4.79 Å². The second-order valence-corrected chi connectivity index (χ2v) is 6.25. The normalized spacial score (nSPS) is 10.6. The van der Waals surface area contributed by atoms with Crippen molar-refractivity contribution in [3.8, 4) is 11.1 Å². The summed E-state index contributed by atoms with van der Waals surface area (Å²) in [5, 5.41) is 16.1. The third kappa shape index (κ3) is 2.96. The summed E-state index contributed by atoms with van der Waals surface area (Å²) < 4.78 is 5.02. The molecule has 0 saturated carbocycles. The molecule has 3 aromatic rings. The number of carboxylic acids is 1. The zero-order chi connectivity index (χ0) is 17.3. The highest BCUT2D eigenvalue weighted by molar-refractivity contribution is 7.15. The highest BCUT2D eigenvalue weighted by atomic mass is 32.1. The largest absolute Gasteiger partial charge is 0.545 e. The summed E-state index contributed by atoms with van der Waals surface area (Å²) in [7, 11) is 0. The van der Waals surface area contributed by atoms with Crippen LogP contribution in [0.4, 0.5) is 5.00 Å². The Bertz CT molecular complexity index is 909. The SMILES string of the molecule is Cc1ccc(-c2csc(NC(=O)c3ccco3)c2C(=O)[O-])cc1C. The van der Waals surface area contributed by atoms with E-state index in [1.165, 1.54) is 12.3 Å². The second kappa shape index (κ2) is 6.33. The topological polar surface area (TPSA) is 82.4 Å². The van der Waals surface area contributed by atoms with E-state index in [0.29, 0.717) is 5.56 Å². The first-order chi connectivity index (χ1) is 11.5. The van der Waals surface area contributed by atoms with Crippen LogP contribution in [0.1, 0.15) is 32.0 Å². The van der Waals surface area contributed by atoms with E-state index in [2.05, 4.69) is 5.32 Å². The highest BCUT2D eigenvalue weighted by Crippen LogP contribution is 2.36. The van der Waals surface area contributed by atoms with Gasteiger partial charge in [0.15, 0.2) is 5.76 Å². The fourth-order valence-corrected chi connectivity index (χ4v) is 3.30. The van der Waals surface area contributed by atoms with Crippen molar-refractivity contribution in [2.75, 3.05) is 5.32 Å².